The molecule has 2 aromatic heterocycles. The number of nitrogens with zero attached hydrogens (tertiary/aromatic N) is 1. The molecule has 2 heterocycles. The zero-order valence-corrected chi connectivity index (χ0v) is 21.5. The van der Waals surface area contributed by atoms with Gasteiger partial charge in [0.2, 0.25) is 0 Å². The summed E-state index contributed by atoms with van der Waals surface area (Å²) in [7, 11) is 0. The van der Waals surface area contributed by atoms with Crippen molar-refractivity contribution in [2.75, 3.05) is 0 Å². The van der Waals surface area contributed by atoms with E-state index in [1.54, 1.807) is 0 Å². The summed E-state index contributed by atoms with van der Waals surface area (Å²) >= 11 is 1.88. The molecular formula is C36H23NS. The summed E-state index contributed by atoms with van der Waals surface area (Å²) in [6, 6.07) is 50.6. The van der Waals surface area contributed by atoms with Crippen molar-refractivity contribution in [3.63, 3.8) is 0 Å². The van der Waals surface area contributed by atoms with Gasteiger partial charge in [-0.3, -0.25) is 0 Å². The number of rotatable bonds is 3. The molecule has 0 aliphatic carbocycles. The van der Waals surface area contributed by atoms with Crippen LogP contribution in [-0.2, 0) is 0 Å². The van der Waals surface area contributed by atoms with Gasteiger partial charge in [-0.05, 0) is 64.7 Å². The van der Waals surface area contributed by atoms with Crippen molar-refractivity contribution in [1.82, 2.24) is 4.57 Å². The number of aromatic nitrogens is 1. The highest BCUT2D eigenvalue weighted by molar-refractivity contribution is 7.26. The van der Waals surface area contributed by atoms with Gasteiger partial charge in [-0.2, -0.15) is 0 Å². The van der Waals surface area contributed by atoms with Crippen LogP contribution < -0.4 is 0 Å². The maximum absolute atomic E-state index is 2.45. The molecule has 8 rings (SSSR count). The van der Waals surface area contributed by atoms with E-state index in [1.165, 1.54) is 69.9 Å². The molecule has 6 aromatic carbocycles. The van der Waals surface area contributed by atoms with Gasteiger partial charge in [-0.15, -0.1) is 11.3 Å². The standard InChI is InChI=1S/C36H23NS/c1-3-11-24(12-4-1)26-21-27(25-13-5-2-6-14-25)23-28(22-26)37-31-17-9-7-15-29(31)35-32(37)19-20-34-36(35)30-16-8-10-18-33(30)38-34/h1-23H. The van der Waals surface area contributed by atoms with Gasteiger partial charge in [0.25, 0.3) is 0 Å². The summed E-state index contributed by atoms with van der Waals surface area (Å²) in [5.41, 5.74) is 8.53. The Kier molecular flexibility index (Phi) is 4.76. The fraction of sp³-hybridized carbons (Fsp3) is 0. The number of hydrogen-bond donors (Lipinski definition) is 0. The molecule has 0 aliphatic rings. The second kappa shape index (κ2) is 8.44. The van der Waals surface area contributed by atoms with Gasteiger partial charge in [0.1, 0.15) is 0 Å². The van der Waals surface area contributed by atoms with Crippen molar-refractivity contribution in [3.05, 3.63) is 140 Å². The Morgan fingerprint density at radius 1 is 0.395 bits per heavy atom. The average molecular weight is 502 g/mol. The molecule has 0 saturated carbocycles. The number of thiophene rings is 1. The normalized spacial score (nSPS) is 11.7. The predicted molar refractivity (Wildman–Crippen MR) is 165 cm³/mol. The van der Waals surface area contributed by atoms with Crippen LogP contribution in [-0.4, -0.2) is 4.57 Å². The summed E-state index contributed by atoms with van der Waals surface area (Å²) < 4.78 is 5.13. The second-order valence-electron chi connectivity index (χ2n) is 9.78. The zero-order chi connectivity index (χ0) is 25.1. The van der Waals surface area contributed by atoms with Crippen molar-refractivity contribution in [3.8, 4) is 27.9 Å². The largest absolute Gasteiger partial charge is 0.309 e. The second-order valence-corrected chi connectivity index (χ2v) is 10.9. The first-order valence-electron chi connectivity index (χ1n) is 12.9. The lowest BCUT2D eigenvalue weighted by molar-refractivity contribution is 1.18. The van der Waals surface area contributed by atoms with Crippen molar-refractivity contribution < 1.29 is 0 Å². The molecule has 178 valence electrons. The lowest BCUT2D eigenvalue weighted by Gasteiger charge is -2.14. The van der Waals surface area contributed by atoms with Crippen LogP contribution in [0.2, 0.25) is 0 Å². The Labute approximate surface area is 224 Å². The summed E-state index contributed by atoms with van der Waals surface area (Å²) in [5, 5.41) is 5.33. The van der Waals surface area contributed by atoms with Gasteiger partial charge < -0.3 is 4.57 Å². The molecule has 0 unspecified atom stereocenters. The monoisotopic (exact) mass is 501 g/mol. The average Bonchev–Trinajstić information content (AvgIpc) is 3.53. The highest BCUT2D eigenvalue weighted by Crippen LogP contribution is 2.43. The van der Waals surface area contributed by atoms with Crippen LogP contribution in [0.25, 0.3) is 69.9 Å². The Balaban J connectivity index is 1.51. The molecular weight excluding hydrogens is 478 g/mol. The van der Waals surface area contributed by atoms with E-state index >= 15 is 0 Å². The maximum Gasteiger partial charge on any atom is 0.0548 e. The summed E-state index contributed by atoms with van der Waals surface area (Å²) in [4.78, 5) is 0. The van der Waals surface area contributed by atoms with E-state index in [0.29, 0.717) is 0 Å². The third kappa shape index (κ3) is 3.24. The van der Waals surface area contributed by atoms with Crippen LogP contribution >= 0.6 is 11.3 Å². The Morgan fingerprint density at radius 2 is 1.00 bits per heavy atom. The minimum Gasteiger partial charge on any atom is -0.309 e. The molecule has 0 N–H and O–H groups in total. The van der Waals surface area contributed by atoms with E-state index in [2.05, 4.69) is 144 Å². The molecule has 0 amide bonds. The van der Waals surface area contributed by atoms with Gasteiger partial charge in [-0.1, -0.05) is 97.1 Å². The summed E-state index contributed by atoms with van der Waals surface area (Å²) in [5.74, 6) is 0. The number of benzene rings is 6. The third-order valence-corrected chi connectivity index (χ3v) is 8.70. The van der Waals surface area contributed by atoms with Gasteiger partial charge in [0.05, 0.1) is 11.0 Å². The van der Waals surface area contributed by atoms with E-state index in [1.807, 2.05) is 11.3 Å². The van der Waals surface area contributed by atoms with E-state index in [-0.39, 0.29) is 0 Å². The highest BCUT2D eigenvalue weighted by Gasteiger charge is 2.18. The molecule has 38 heavy (non-hydrogen) atoms. The SMILES string of the molecule is c1ccc(-c2cc(-c3ccccc3)cc(-n3c4ccccc4c4c5c(ccc43)sc3ccccc35)c2)cc1. The molecule has 0 radical (unpaired) electrons. The third-order valence-electron chi connectivity index (χ3n) is 7.57. The van der Waals surface area contributed by atoms with Crippen LogP contribution in [0.1, 0.15) is 0 Å². The fourth-order valence-electron chi connectivity index (χ4n) is 5.89. The van der Waals surface area contributed by atoms with E-state index in [9.17, 15) is 0 Å². The fourth-order valence-corrected chi connectivity index (χ4v) is 7.00. The number of hydrogen-bond acceptors (Lipinski definition) is 1. The van der Waals surface area contributed by atoms with Crippen molar-refractivity contribution in [1.29, 1.82) is 0 Å². The molecule has 0 spiro atoms. The van der Waals surface area contributed by atoms with Gasteiger partial charge in [-0.25, -0.2) is 0 Å². The van der Waals surface area contributed by atoms with Gasteiger partial charge in [0, 0.05) is 36.6 Å². The lowest BCUT2D eigenvalue weighted by Crippen LogP contribution is -1.96. The van der Waals surface area contributed by atoms with Crippen LogP contribution in [0.4, 0.5) is 0 Å². The number of para-hydroxylation sites is 1. The Morgan fingerprint density at radius 3 is 1.71 bits per heavy atom. The predicted octanol–water partition coefficient (Wildman–Crippen LogP) is 10.5. The quantitative estimate of drug-likeness (QED) is 0.227. The summed E-state index contributed by atoms with van der Waals surface area (Å²) in [6.45, 7) is 0. The number of fused-ring (bicyclic) bond motifs is 7. The zero-order valence-electron chi connectivity index (χ0n) is 20.6. The lowest BCUT2D eigenvalue weighted by atomic mass is 9.98. The van der Waals surface area contributed by atoms with Crippen molar-refractivity contribution in [2.24, 2.45) is 0 Å². The highest BCUT2D eigenvalue weighted by atomic mass is 32.1. The van der Waals surface area contributed by atoms with Crippen LogP contribution in [0.3, 0.4) is 0 Å². The molecule has 0 fully saturated rings. The molecule has 0 saturated heterocycles. The van der Waals surface area contributed by atoms with Crippen LogP contribution in [0.5, 0.6) is 0 Å². The first kappa shape index (κ1) is 21.4. The smallest absolute Gasteiger partial charge is 0.0548 e. The molecule has 2 heteroatoms. The topological polar surface area (TPSA) is 4.93 Å². The maximum atomic E-state index is 2.45. The minimum atomic E-state index is 1.18. The molecule has 0 aliphatic heterocycles. The first-order chi connectivity index (χ1) is 18.8. The molecule has 1 nitrogen and oxygen atoms in total. The van der Waals surface area contributed by atoms with Crippen LogP contribution in [0.15, 0.2) is 140 Å². The molecule has 0 atom stereocenters. The first-order valence-corrected chi connectivity index (χ1v) is 13.8. The Bertz CT molecular complexity index is 2060. The van der Waals surface area contributed by atoms with E-state index in [4.69, 9.17) is 0 Å². The van der Waals surface area contributed by atoms with Gasteiger partial charge >= 0.3 is 0 Å². The minimum absolute atomic E-state index is 1.18. The summed E-state index contributed by atoms with van der Waals surface area (Å²) in [6.07, 6.45) is 0. The Hall–Kier alpha value is -4.66. The van der Waals surface area contributed by atoms with Gasteiger partial charge in [0.15, 0.2) is 0 Å². The molecule has 8 aromatic rings. The van der Waals surface area contributed by atoms with E-state index < -0.39 is 0 Å². The molecule has 0 bridgehead atoms. The van der Waals surface area contributed by atoms with Crippen molar-refractivity contribution in [2.45, 2.75) is 0 Å². The van der Waals surface area contributed by atoms with E-state index in [0.717, 1.165) is 0 Å². The van der Waals surface area contributed by atoms with Crippen LogP contribution in [0, 0.1) is 0 Å². The van der Waals surface area contributed by atoms with Crippen molar-refractivity contribution >= 4 is 53.3 Å².